The predicted octanol–water partition coefficient (Wildman–Crippen LogP) is 5.46. The van der Waals surface area contributed by atoms with Crippen LogP contribution in [-0.2, 0) is 0 Å². The number of rotatable bonds is 4. The van der Waals surface area contributed by atoms with E-state index in [0.29, 0.717) is 13.1 Å². The summed E-state index contributed by atoms with van der Waals surface area (Å²) in [6, 6.07) is 19.8. The minimum atomic E-state index is 0.00588. The van der Waals surface area contributed by atoms with Crippen LogP contribution in [0.15, 0.2) is 66.0 Å². The van der Waals surface area contributed by atoms with Crippen molar-refractivity contribution in [1.82, 2.24) is 4.90 Å². The molecule has 2 aromatic carbocycles. The number of carbonyl (C=O) groups excluding carboxylic acids is 2. The number of carbonyl (C=O) groups is 2. The summed E-state index contributed by atoms with van der Waals surface area (Å²) in [5.74, 6) is 0.284. The molecule has 0 N–H and O–H groups in total. The molecule has 1 saturated heterocycles. The molecule has 0 atom stereocenters. The number of amides is 1. The Morgan fingerprint density at radius 3 is 2.29 bits per heavy atom. The molecule has 3 nitrogen and oxygen atoms in total. The first kappa shape index (κ1) is 18.6. The van der Waals surface area contributed by atoms with Gasteiger partial charge in [0.25, 0.3) is 5.91 Å². The van der Waals surface area contributed by atoms with Crippen LogP contribution in [0.1, 0.15) is 38.4 Å². The first-order valence-electron chi connectivity index (χ1n) is 9.66. The molecule has 0 unspecified atom stereocenters. The molecule has 1 aliphatic heterocycles. The fraction of sp³-hybridized carbons (Fsp3) is 0.250. The summed E-state index contributed by atoms with van der Waals surface area (Å²) < 4.78 is 0. The molecule has 2 heterocycles. The molecule has 4 heteroatoms. The topological polar surface area (TPSA) is 37.4 Å². The van der Waals surface area contributed by atoms with Crippen molar-refractivity contribution in [2.45, 2.75) is 19.8 Å². The minimum absolute atomic E-state index is 0.00588. The van der Waals surface area contributed by atoms with Gasteiger partial charge in [0.15, 0.2) is 5.78 Å². The maximum atomic E-state index is 13.1. The van der Waals surface area contributed by atoms with Crippen LogP contribution in [0.3, 0.4) is 0 Å². The maximum absolute atomic E-state index is 13.1. The van der Waals surface area contributed by atoms with Crippen molar-refractivity contribution in [3.05, 3.63) is 82.0 Å². The van der Waals surface area contributed by atoms with Gasteiger partial charge < -0.3 is 4.90 Å². The summed E-state index contributed by atoms with van der Waals surface area (Å²) in [5.41, 5.74) is 4.05. The van der Waals surface area contributed by atoms with E-state index in [0.717, 1.165) is 34.4 Å². The van der Waals surface area contributed by atoms with Crippen molar-refractivity contribution in [2.75, 3.05) is 13.1 Å². The Morgan fingerprint density at radius 1 is 0.929 bits per heavy atom. The lowest BCUT2D eigenvalue weighted by Gasteiger charge is -2.31. The number of nitrogens with zero attached hydrogens (tertiary/aromatic N) is 1. The van der Waals surface area contributed by atoms with Crippen LogP contribution in [0.5, 0.6) is 0 Å². The van der Waals surface area contributed by atoms with Crippen LogP contribution >= 0.6 is 11.3 Å². The number of aryl methyl sites for hydroxylation is 1. The molecule has 1 fully saturated rings. The SMILES string of the molecule is Cc1ccc(-c2ccsc2C(=O)N2CCC(C(=O)c3ccccc3)CC2)cc1. The van der Waals surface area contributed by atoms with E-state index in [4.69, 9.17) is 0 Å². The largest absolute Gasteiger partial charge is 0.338 e. The number of likely N-dealkylation sites (tertiary alicyclic amines) is 1. The normalized spacial score (nSPS) is 14.8. The van der Waals surface area contributed by atoms with Crippen LogP contribution in [0.25, 0.3) is 11.1 Å². The highest BCUT2D eigenvalue weighted by atomic mass is 32.1. The maximum Gasteiger partial charge on any atom is 0.264 e. The van der Waals surface area contributed by atoms with E-state index in [1.807, 2.05) is 46.7 Å². The highest BCUT2D eigenvalue weighted by molar-refractivity contribution is 7.12. The molecule has 0 spiro atoms. The highest BCUT2D eigenvalue weighted by Gasteiger charge is 2.29. The molecular formula is C24H23NO2S. The summed E-state index contributed by atoms with van der Waals surface area (Å²) in [6.45, 7) is 3.32. The zero-order valence-corrected chi connectivity index (χ0v) is 16.7. The highest BCUT2D eigenvalue weighted by Crippen LogP contribution is 2.31. The van der Waals surface area contributed by atoms with Gasteiger partial charge in [0, 0.05) is 30.1 Å². The average molecular weight is 390 g/mol. The van der Waals surface area contributed by atoms with Gasteiger partial charge in [-0.2, -0.15) is 0 Å². The summed E-state index contributed by atoms with van der Waals surface area (Å²) in [4.78, 5) is 28.5. The van der Waals surface area contributed by atoms with E-state index in [1.165, 1.54) is 16.9 Å². The first-order valence-corrected chi connectivity index (χ1v) is 10.5. The first-order chi connectivity index (χ1) is 13.6. The molecule has 1 aliphatic rings. The van der Waals surface area contributed by atoms with Crippen LogP contribution in [-0.4, -0.2) is 29.7 Å². The van der Waals surface area contributed by atoms with Gasteiger partial charge in [-0.3, -0.25) is 9.59 Å². The van der Waals surface area contributed by atoms with Crippen LogP contribution in [0.4, 0.5) is 0 Å². The van der Waals surface area contributed by atoms with Crippen molar-refractivity contribution in [3.8, 4) is 11.1 Å². The molecule has 3 aromatic rings. The number of Topliss-reactive ketones (excluding diaryl/α,β-unsaturated/α-hetero) is 1. The fourth-order valence-corrected chi connectivity index (χ4v) is 4.64. The predicted molar refractivity (Wildman–Crippen MR) is 114 cm³/mol. The number of benzene rings is 2. The number of piperidine rings is 1. The van der Waals surface area contributed by atoms with E-state index in [1.54, 1.807) is 0 Å². The third-order valence-electron chi connectivity index (χ3n) is 5.43. The Labute approximate surface area is 169 Å². The second-order valence-electron chi connectivity index (χ2n) is 7.33. The Kier molecular flexibility index (Phi) is 5.40. The van der Waals surface area contributed by atoms with Gasteiger partial charge >= 0.3 is 0 Å². The van der Waals surface area contributed by atoms with Gasteiger partial charge in [0.1, 0.15) is 0 Å². The molecular weight excluding hydrogens is 366 g/mol. The molecule has 28 heavy (non-hydrogen) atoms. The van der Waals surface area contributed by atoms with Crippen molar-refractivity contribution >= 4 is 23.0 Å². The van der Waals surface area contributed by atoms with Gasteiger partial charge in [-0.1, -0.05) is 60.2 Å². The number of hydrogen-bond donors (Lipinski definition) is 0. The van der Waals surface area contributed by atoms with E-state index in [2.05, 4.69) is 31.2 Å². The second kappa shape index (κ2) is 8.11. The lowest BCUT2D eigenvalue weighted by molar-refractivity contribution is 0.0655. The molecule has 4 rings (SSSR count). The Bertz CT molecular complexity index is 967. The molecule has 142 valence electrons. The molecule has 0 bridgehead atoms. The zero-order valence-electron chi connectivity index (χ0n) is 15.9. The summed E-state index contributed by atoms with van der Waals surface area (Å²) >= 11 is 1.50. The number of ketones is 1. The van der Waals surface area contributed by atoms with Crippen molar-refractivity contribution in [3.63, 3.8) is 0 Å². The number of thiophene rings is 1. The molecule has 1 amide bonds. The third kappa shape index (κ3) is 3.78. The Balaban J connectivity index is 1.45. The van der Waals surface area contributed by atoms with E-state index >= 15 is 0 Å². The average Bonchev–Trinajstić information content (AvgIpc) is 3.24. The lowest BCUT2D eigenvalue weighted by atomic mass is 9.89. The molecule has 0 saturated carbocycles. The molecule has 0 aliphatic carbocycles. The summed E-state index contributed by atoms with van der Waals surface area (Å²) in [7, 11) is 0. The lowest BCUT2D eigenvalue weighted by Crippen LogP contribution is -2.40. The zero-order chi connectivity index (χ0) is 19.5. The quantitative estimate of drug-likeness (QED) is 0.556. The number of hydrogen-bond acceptors (Lipinski definition) is 3. The van der Waals surface area contributed by atoms with E-state index < -0.39 is 0 Å². The van der Waals surface area contributed by atoms with Crippen molar-refractivity contribution in [1.29, 1.82) is 0 Å². The Morgan fingerprint density at radius 2 is 1.61 bits per heavy atom. The summed E-state index contributed by atoms with van der Waals surface area (Å²) in [5, 5.41) is 1.98. The Hall–Kier alpha value is -2.72. The second-order valence-corrected chi connectivity index (χ2v) is 8.24. The van der Waals surface area contributed by atoms with Gasteiger partial charge in [0.05, 0.1) is 4.88 Å². The van der Waals surface area contributed by atoms with Gasteiger partial charge in [0.2, 0.25) is 0 Å². The van der Waals surface area contributed by atoms with Gasteiger partial charge in [-0.25, -0.2) is 0 Å². The van der Waals surface area contributed by atoms with Gasteiger partial charge in [-0.15, -0.1) is 11.3 Å². The third-order valence-corrected chi connectivity index (χ3v) is 6.34. The smallest absolute Gasteiger partial charge is 0.264 e. The molecule has 1 aromatic heterocycles. The van der Waals surface area contributed by atoms with Crippen LogP contribution in [0, 0.1) is 12.8 Å². The minimum Gasteiger partial charge on any atom is -0.338 e. The van der Waals surface area contributed by atoms with Crippen LogP contribution in [0.2, 0.25) is 0 Å². The van der Waals surface area contributed by atoms with E-state index in [-0.39, 0.29) is 17.6 Å². The van der Waals surface area contributed by atoms with Crippen LogP contribution < -0.4 is 0 Å². The van der Waals surface area contributed by atoms with Gasteiger partial charge in [-0.05, 0) is 36.8 Å². The van der Waals surface area contributed by atoms with Crippen molar-refractivity contribution < 1.29 is 9.59 Å². The van der Waals surface area contributed by atoms with E-state index in [9.17, 15) is 9.59 Å². The fourth-order valence-electron chi connectivity index (χ4n) is 3.76. The monoisotopic (exact) mass is 389 g/mol. The standard InChI is InChI=1S/C24H23NO2S/c1-17-7-9-18(10-8-17)21-13-16-28-23(21)24(27)25-14-11-20(12-15-25)22(26)19-5-3-2-4-6-19/h2-10,13,16,20H,11-12,14-15H2,1H3. The summed E-state index contributed by atoms with van der Waals surface area (Å²) in [6.07, 6.45) is 1.45. The molecule has 0 radical (unpaired) electrons. The van der Waals surface area contributed by atoms with Crippen molar-refractivity contribution in [2.24, 2.45) is 5.92 Å².